The highest BCUT2D eigenvalue weighted by atomic mass is 35.5. The van der Waals surface area contributed by atoms with Crippen molar-refractivity contribution in [3.8, 4) is 5.75 Å². The summed E-state index contributed by atoms with van der Waals surface area (Å²) in [6, 6.07) is 17.3. The minimum Gasteiger partial charge on any atom is -0.488 e. The van der Waals surface area contributed by atoms with E-state index in [-0.39, 0.29) is 12.4 Å². The van der Waals surface area contributed by atoms with Crippen LogP contribution in [0, 0.1) is 0 Å². The van der Waals surface area contributed by atoms with Crippen LogP contribution in [0.2, 0.25) is 0 Å². The fraction of sp³-hybridized carbons (Fsp3) is 0.333. The number of aromatic nitrogens is 1. The van der Waals surface area contributed by atoms with Gasteiger partial charge in [0.05, 0.1) is 0 Å². The van der Waals surface area contributed by atoms with Crippen molar-refractivity contribution in [1.29, 1.82) is 0 Å². The first-order valence-corrected chi connectivity index (χ1v) is 8.68. The zero-order valence-corrected chi connectivity index (χ0v) is 15.6. The molecular weight excluding hydrogens is 332 g/mol. The van der Waals surface area contributed by atoms with Gasteiger partial charge in [0.1, 0.15) is 12.4 Å². The minimum absolute atomic E-state index is 0. The molecule has 132 valence electrons. The van der Waals surface area contributed by atoms with Crippen LogP contribution in [0.5, 0.6) is 5.75 Å². The van der Waals surface area contributed by atoms with Gasteiger partial charge in [-0.3, -0.25) is 0 Å². The Morgan fingerprint density at radius 1 is 1.08 bits per heavy atom. The molecule has 25 heavy (non-hydrogen) atoms. The molecule has 1 aliphatic rings. The van der Waals surface area contributed by atoms with Gasteiger partial charge in [-0.15, -0.1) is 12.4 Å². The SMILES string of the molecule is CN(C)C1CCc2[nH]c3cccc(OCc4ccccc4)c3c2C1.Cl. The maximum atomic E-state index is 6.19. The molecule has 1 atom stereocenters. The number of nitrogens with one attached hydrogen (secondary N) is 1. The van der Waals surface area contributed by atoms with Gasteiger partial charge in [0.2, 0.25) is 0 Å². The molecule has 3 nitrogen and oxygen atoms in total. The van der Waals surface area contributed by atoms with Crippen LogP contribution < -0.4 is 4.74 Å². The first-order chi connectivity index (χ1) is 11.7. The fourth-order valence-corrected chi connectivity index (χ4v) is 3.72. The summed E-state index contributed by atoms with van der Waals surface area (Å²) in [5, 5.41) is 1.27. The van der Waals surface area contributed by atoms with E-state index in [9.17, 15) is 0 Å². The molecule has 1 N–H and O–H groups in total. The molecule has 1 unspecified atom stereocenters. The van der Waals surface area contributed by atoms with Crippen molar-refractivity contribution in [3.63, 3.8) is 0 Å². The number of hydrogen-bond donors (Lipinski definition) is 1. The van der Waals surface area contributed by atoms with Gasteiger partial charge in [0.25, 0.3) is 0 Å². The van der Waals surface area contributed by atoms with Crippen LogP contribution >= 0.6 is 12.4 Å². The average Bonchev–Trinajstić information content (AvgIpc) is 2.99. The van der Waals surface area contributed by atoms with Crippen LogP contribution in [0.3, 0.4) is 0 Å². The number of benzene rings is 2. The van der Waals surface area contributed by atoms with Crippen molar-refractivity contribution < 1.29 is 4.74 Å². The molecule has 0 aliphatic heterocycles. The van der Waals surface area contributed by atoms with E-state index in [2.05, 4.69) is 66.4 Å². The first kappa shape index (κ1) is 17.8. The second-order valence-electron chi connectivity index (χ2n) is 6.90. The third kappa shape index (κ3) is 3.53. The second-order valence-corrected chi connectivity index (χ2v) is 6.90. The van der Waals surface area contributed by atoms with Crippen LogP contribution in [0.1, 0.15) is 23.2 Å². The maximum absolute atomic E-state index is 6.19. The summed E-state index contributed by atoms with van der Waals surface area (Å²) in [4.78, 5) is 5.96. The second kappa shape index (κ2) is 7.51. The molecule has 0 radical (unpaired) electrons. The molecule has 0 amide bonds. The Morgan fingerprint density at radius 2 is 1.88 bits per heavy atom. The first-order valence-electron chi connectivity index (χ1n) is 8.68. The molecule has 0 fully saturated rings. The number of hydrogen-bond acceptors (Lipinski definition) is 2. The largest absolute Gasteiger partial charge is 0.488 e. The number of rotatable bonds is 4. The molecule has 0 spiro atoms. The van der Waals surface area contributed by atoms with Gasteiger partial charge in [-0.1, -0.05) is 36.4 Å². The quantitative estimate of drug-likeness (QED) is 0.740. The van der Waals surface area contributed by atoms with Crippen molar-refractivity contribution in [2.45, 2.75) is 31.9 Å². The summed E-state index contributed by atoms with van der Waals surface area (Å²) < 4.78 is 6.19. The summed E-state index contributed by atoms with van der Waals surface area (Å²) in [6.45, 7) is 0.608. The molecule has 1 aliphatic carbocycles. The predicted molar refractivity (Wildman–Crippen MR) is 106 cm³/mol. The molecule has 0 bridgehead atoms. The Kier molecular flexibility index (Phi) is 5.36. The third-order valence-corrected chi connectivity index (χ3v) is 5.11. The summed E-state index contributed by atoms with van der Waals surface area (Å²) in [6.07, 6.45) is 3.42. The molecule has 3 aromatic rings. The number of fused-ring (bicyclic) bond motifs is 3. The van der Waals surface area contributed by atoms with E-state index >= 15 is 0 Å². The highest BCUT2D eigenvalue weighted by Gasteiger charge is 2.25. The van der Waals surface area contributed by atoms with Crippen molar-refractivity contribution in [2.75, 3.05) is 14.1 Å². The van der Waals surface area contributed by atoms with Gasteiger partial charge in [0, 0.05) is 22.6 Å². The normalized spacial score (nSPS) is 16.5. The average molecular weight is 357 g/mol. The number of nitrogens with zero attached hydrogens (tertiary/aromatic N) is 1. The summed E-state index contributed by atoms with van der Waals surface area (Å²) in [5.74, 6) is 0.994. The highest BCUT2D eigenvalue weighted by Crippen LogP contribution is 2.36. The van der Waals surface area contributed by atoms with E-state index in [4.69, 9.17) is 4.74 Å². The molecule has 1 heterocycles. The zero-order valence-electron chi connectivity index (χ0n) is 14.8. The lowest BCUT2D eigenvalue weighted by molar-refractivity contribution is 0.267. The Balaban J connectivity index is 0.00000182. The zero-order chi connectivity index (χ0) is 16.5. The van der Waals surface area contributed by atoms with Crippen LogP contribution in [0.25, 0.3) is 10.9 Å². The molecule has 4 rings (SSSR count). The Hall–Kier alpha value is -1.97. The van der Waals surface area contributed by atoms with Crippen molar-refractivity contribution in [1.82, 2.24) is 9.88 Å². The molecule has 4 heteroatoms. The lowest BCUT2D eigenvalue weighted by Crippen LogP contribution is -2.33. The van der Waals surface area contributed by atoms with E-state index in [1.165, 1.54) is 34.1 Å². The highest BCUT2D eigenvalue weighted by molar-refractivity contribution is 5.90. The van der Waals surface area contributed by atoms with Gasteiger partial charge in [0.15, 0.2) is 0 Å². The molecule has 2 aromatic carbocycles. The Bertz CT molecular complexity index is 842. The van der Waals surface area contributed by atoms with Crippen LogP contribution in [-0.2, 0) is 19.4 Å². The summed E-state index contributed by atoms with van der Waals surface area (Å²) in [5.41, 5.74) is 5.23. The number of aryl methyl sites for hydroxylation is 1. The van der Waals surface area contributed by atoms with E-state index in [1.807, 2.05) is 6.07 Å². The maximum Gasteiger partial charge on any atom is 0.129 e. The number of halogens is 1. The van der Waals surface area contributed by atoms with E-state index in [0.717, 1.165) is 18.6 Å². The standard InChI is InChI=1S/C21H24N2O.ClH/c1-23(2)16-11-12-18-17(13-16)21-19(22-18)9-6-10-20(21)24-14-15-7-4-3-5-8-15;/h3-10,16,22H,11-14H2,1-2H3;1H. The van der Waals surface area contributed by atoms with Crippen LogP contribution in [0.4, 0.5) is 0 Å². The number of aromatic amines is 1. The van der Waals surface area contributed by atoms with Gasteiger partial charge >= 0.3 is 0 Å². The number of ether oxygens (including phenoxy) is 1. The predicted octanol–water partition coefficient (Wildman–Crippen LogP) is 4.59. The van der Waals surface area contributed by atoms with Gasteiger partial charge in [-0.05, 0) is 56.6 Å². The van der Waals surface area contributed by atoms with Crippen LogP contribution in [-0.4, -0.2) is 30.0 Å². The van der Waals surface area contributed by atoms with Gasteiger partial charge in [-0.2, -0.15) is 0 Å². The number of likely N-dealkylation sites (N-methyl/N-ethyl adjacent to an activating group) is 1. The smallest absolute Gasteiger partial charge is 0.129 e. The molecule has 1 aromatic heterocycles. The van der Waals surface area contributed by atoms with E-state index in [1.54, 1.807) is 0 Å². The number of H-pyrrole nitrogens is 1. The Morgan fingerprint density at radius 3 is 2.64 bits per heavy atom. The third-order valence-electron chi connectivity index (χ3n) is 5.11. The van der Waals surface area contributed by atoms with E-state index < -0.39 is 0 Å². The van der Waals surface area contributed by atoms with E-state index in [0.29, 0.717) is 12.6 Å². The Labute approximate surface area is 155 Å². The lowest BCUT2D eigenvalue weighted by atomic mass is 9.90. The van der Waals surface area contributed by atoms with Gasteiger partial charge in [-0.25, -0.2) is 0 Å². The fourth-order valence-electron chi connectivity index (χ4n) is 3.72. The van der Waals surface area contributed by atoms with Crippen molar-refractivity contribution >= 4 is 23.3 Å². The van der Waals surface area contributed by atoms with Gasteiger partial charge < -0.3 is 14.6 Å². The molecular formula is C21H25ClN2O. The monoisotopic (exact) mass is 356 g/mol. The molecule has 0 saturated carbocycles. The summed E-state index contributed by atoms with van der Waals surface area (Å²) in [7, 11) is 4.36. The van der Waals surface area contributed by atoms with Crippen molar-refractivity contribution in [3.05, 3.63) is 65.4 Å². The molecule has 0 saturated heterocycles. The van der Waals surface area contributed by atoms with Crippen molar-refractivity contribution in [2.24, 2.45) is 0 Å². The minimum atomic E-state index is 0. The van der Waals surface area contributed by atoms with Crippen LogP contribution in [0.15, 0.2) is 48.5 Å². The topological polar surface area (TPSA) is 28.3 Å². The lowest BCUT2D eigenvalue weighted by Gasteiger charge is -2.28. The summed E-state index contributed by atoms with van der Waals surface area (Å²) >= 11 is 0.